The summed E-state index contributed by atoms with van der Waals surface area (Å²) in [5.41, 5.74) is 1.78. The fourth-order valence-corrected chi connectivity index (χ4v) is 4.95. The molecule has 130 valence electrons. The van der Waals surface area contributed by atoms with E-state index in [0.717, 1.165) is 30.4 Å². The van der Waals surface area contributed by atoms with Crippen molar-refractivity contribution in [3.63, 3.8) is 0 Å². The van der Waals surface area contributed by atoms with E-state index in [9.17, 15) is 12.8 Å². The average Bonchev–Trinajstić information content (AvgIpc) is 2.63. The molecule has 1 saturated heterocycles. The SMILES string of the molecule is N#CCc1cccc(C2CCCCN2S(=O)(=O)c2ccc(F)cc2)c1. The Balaban J connectivity index is 1.97. The fraction of sp³-hybridized carbons (Fsp3) is 0.316. The maximum atomic E-state index is 13.1. The molecule has 3 rings (SSSR count). The van der Waals surface area contributed by atoms with E-state index < -0.39 is 15.8 Å². The Bertz CT molecular complexity index is 888. The first-order chi connectivity index (χ1) is 12.0. The third kappa shape index (κ3) is 3.73. The minimum Gasteiger partial charge on any atom is -0.207 e. The van der Waals surface area contributed by atoms with Gasteiger partial charge < -0.3 is 0 Å². The van der Waals surface area contributed by atoms with E-state index in [0.29, 0.717) is 13.0 Å². The highest BCUT2D eigenvalue weighted by Gasteiger charge is 2.34. The van der Waals surface area contributed by atoms with Crippen molar-refractivity contribution >= 4 is 10.0 Å². The molecule has 0 aromatic heterocycles. The number of nitriles is 1. The van der Waals surface area contributed by atoms with Crippen LogP contribution in [0, 0.1) is 17.1 Å². The van der Waals surface area contributed by atoms with Crippen LogP contribution in [0.25, 0.3) is 0 Å². The van der Waals surface area contributed by atoms with Gasteiger partial charge in [-0.1, -0.05) is 30.7 Å². The molecule has 0 N–H and O–H groups in total. The molecule has 1 aliphatic rings. The summed E-state index contributed by atoms with van der Waals surface area (Å²) in [6.45, 7) is 0.437. The van der Waals surface area contributed by atoms with E-state index in [1.54, 1.807) is 0 Å². The van der Waals surface area contributed by atoms with E-state index in [4.69, 9.17) is 5.26 Å². The van der Waals surface area contributed by atoms with Crippen LogP contribution in [0.2, 0.25) is 0 Å². The summed E-state index contributed by atoms with van der Waals surface area (Å²) in [5.74, 6) is -0.460. The zero-order chi connectivity index (χ0) is 17.9. The predicted molar refractivity (Wildman–Crippen MR) is 92.6 cm³/mol. The molecule has 1 fully saturated rings. The van der Waals surface area contributed by atoms with E-state index in [2.05, 4.69) is 6.07 Å². The Morgan fingerprint density at radius 2 is 1.92 bits per heavy atom. The van der Waals surface area contributed by atoms with Gasteiger partial charge >= 0.3 is 0 Å². The van der Waals surface area contributed by atoms with Crippen molar-refractivity contribution in [3.05, 3.63) is 65.5 Å². The highest BCUT2D eigenvalue weighted by atomic mass is 32.2. The second-order valence-electron chi connectivity index (χ2n) is 6.16. The summed E-state index contributed by atoms with van der Waals surface area (Å²) in [6, 6.07) is 14.4. The van der Waals surface area contributed by atoms with Crippen LogP contribution in [0.4, 0.5) is 4.39 Å². The number of piperidine rings is 1. The number of benzene rings is 2. The summed E-state index contributed by atoms with van der Waals surface area (Å²) in [6.07, 6.45) is 2.78. The smallest absolute Gasteiger partial charge is 0.207 e. The lowest BCUT2D eigenvalue weighted by Crippen LogP contribution is -2.38. The Labute approximate surface area is 147 Å². The molecule has 2 aromatic carbocycles. The van der Waals surface area contributed by atoms with Gasteiger partial charge in [-0.3, -0.25) is 0 Å². The number of rotatable bonds is 4. The zero-order valence-electron chi connectivity index (χ0n) is 13.7. The molecule has 1 atom stereocenters. The van der Waals surface area contributed by atoms with Gasteiger partial charge in [0, 0.05) is 6.54 Å². The van der Waals surface area contributed by atoms with Gasteiger partial charge in [-0.25, -0.2) is 12.8 Å². The second kappa shape index (κ2) is 7.34. The van der Waals surface area contributed by atoms with E-state index in [-0.39, 0.29) is 10.9 Å². The van der Waals surface area contributed by atoms with Crippen molar-refractivity contribution in [3.8, 4) is 6.07 Å². The largest absolute Gasteiger partial charge is 0.243 e. The van der Waals surface area contributed by atoms with Crippen molar-refractivity contribution < 1.29 is 12.8 Å². The number of halogens is 1. The summed E-state index contributed by atoms with van der Waals surface area (Å²) in [5, 5.41) is 8.89. The van der Waals surface area contributed by atoms with Crippen LogP contribution in [0.15, 0.2) is 53.4 Å². The average molecular weight is 358 g/mol. The standard InChI is InChI=1S/C19H19FN2O2S/c20-17-7-9-18(10-8-17)25(23,24)22-13-2-1-6-19(22)16-5-3-4-15(14-16)11-12-21/h3-5,7-10,14,19H,1-2,6,11,13H2. The maximum absolute atomic E-state index is 13.1. The molecule has 0 spiro atoms. The zero-order valence-corrected chi connectivity index (χ0v) is 14.5. The molecule has 0 aliphatic carbocycles. The molecule has 1 heterocycles. The lowest BCUT2D eigenvalue weighted by atomic mass is 9.96. The van der Waals surface area contributed by atoms with Crippen LogP contribution < -0.4 is 0 Å². The molecule has 25 heavy (non-hydrogen) atoms. The summed E-state index contributed by atoms with van der Waals surface area (Å²) < 4.78 is 40.7. The molecule has 1 unspecified atom stereocenters. The molecule has 2 aromatic rings. The first-order valence-corrected chi connectivity index (χ1v) is 9.69. The van der Waals surface area contributed by atoms with E-state index in [1.165, 1.54) is 28.6 Å². The van der Waals surface area contributed by atoms with Gasteiger partial charge in [-0.05, 0) is 48.2 Å². The molecule has 0 bridgehead atoms. The number of sulfonamides is 1. The van der Waals surface area contributed by atoms with Crippen LogP contribution in [0.5, 0.6) is 0 Å². The molecule has 0 amide bonds. The lowest BCUT2D eigenvalue weighted by molar-refractivity contribution is 0.256. The topological polar surface area (TPSA) is 61.2 Å². The number of hydrogen-bond acceptors (Lipinski definition) is 3. The molecular weight excluding hydrogens is 339 g/mol. The fourth-order valence-electron chi connectivity index (χ4n) is 3.27. The van der Waals surface area contributed by atoms with Gasteiger partial charge in [0.1, 0.15) is 5.82 Å². The third-order valence-electron chi connectivity index (χ3n) is 4.49. The molecule has 4 nitrogen and oxygen atoms in total. The van der Waals surface area contributed by atoms with Crippen LogP contribution >= 0.6 is 0 Å². The quantitative estimate of drug-likeness (QED) is 0.835. The van der Waals surface area contributed by atoms with E-state index in [1.807, 2.05) is 24.3 Å². The Morgan fingerprint density at radius 3 is 2.64 bits per heavy atom. The minimum absolute atomic E-state index is 0.106. The van der Waals surface area contributed by atoms with Gasteiger partial charge in [-0.2, -0.15) is 9.57 Å². The Morgan fingerprint density at radius 1 is 1.16 bits per heavy atom. The number of hydrogen-bond donors (Lipinski definition) is 0. The van der Waals surface area contributed by atoms with Gasteiger partial charge in [0.15, 0.2) is 0 Å². The van der Waals surface area contributed by atoms with Crippen molar-refractivity contribution in [2.75, 3.05) is 6.54 Å². The first-order valence-electron chi connectivity index (χ1n) is 8.25. The Kier molecular flexibility index (Phi) is 5.16. The highest BCUT2D eigenvalue weighted by Crippen LogP contribution is 2.35. The number of nitrogens with zero attached hydrogens (tertiary/aromatic N) is 2. The van der Waals surface area contributed by atoms with Gasteiger partial charge in [-0.15, -0.1) is 0 Å². The first kappa shape index (κ1) is 17.6. The monoisotopic (exact) mass is 358 g/mol. The third-order valence-corrected chi connectivity index (χ3v) is 6.42. The molecule has 1 aliphatic heterocycles. The van der Waals surface area contributed by atoms with Crippen LogP contribution in [0.3, 0.4) is 0 Å². The Hall–Kier alpha value is -2.23. The molecule has 6 heteroatoms. The summed E-state index contributed by atoms with van der Waals surface area (Å²) >= 11 is 0. The maximum Gasteiger partial charge on any atom is 0.243 e. The van der Waals surface area contributed by atoms with Crippen molar-refractivity contribution in [2.24, 2.45) is 0 Å². The highest BCUT2D eigenvalue weighted by molar-refractivity contribution is 7.89. The molecular formula is C19H19FN2O2S. The normalized spacial score (nSPS) is 18.6. The summed E-state index contributed by atoms with van der Waals surface area (Å²) in [4.78, 5) is 0.106. The van der Waals surface area contributed by atoms with Crippen LogP contribution in [-0.2, 0) is 16.4 Å². The van der Waals surface area contributed by atoms with Gasteiger partial charge in [0.05, 0.1) is 23.4 Å². The molecule has 0 radical (unpaired) electrons. The minimum atomic E-state index is -3.70. The summed E-state index contributed by atoms with van der Waals surface area (Å²) in [7, 11) is -3.70. The predicted octanol–water partition coefficient (Wildman–Crippen LogP) is 3.81. The van der Waals surface area contributed by atoms with Crippen molar-refractivity contribution in [2.45, 2.75) is 36.6 Å². The molecule has 0 saturated carbocycles. The van der Waals surface area contributed by atoms with Crippen molar-refractivity contribution in [1.29, 1.82) is 5.26 Å². The van der Waals surface area contributed by atoms with Crippen LogP contribution in [0.1, 0.15) is 36.4 Å². The van der Waals surface area contributed by atoms with Crippen LogP contribution in [-0.4, -0.2) is 19.3 Å². The van der Waals surface area contributed by atoms with E-state index >= 15 is 0 Å². The van der Waals surface area contributed by atoms with Gasteiger partial charge in [0.25, 0.3) is 0 Å². The van der Waals surface area contributed by atoms with Gasteiger partial charge in [0.2, 0.25) is 10.0 Å². The lowest BCUT2D eigenvalue weighted by Gasteiger charge is -2.35. The van der Waals surface area contributed by atoms with Crippen molar-refractivity contribution in [1.82, 2.24) is 4.31 Å². The second-order valence-corrected chi connectivity index (χ2v) is 8.05.